The van der Waals surface area contributed by atoms with E-state index in [9.17, 15) is 9.59 Å². The number of amides is 2. The molecule has 2 amide bonds. The van der Waals surface area contributed by atoms with Gasteiger partial charge >= 0.3 is 0 Å². The minimum absolute atomic E-state index is 0.0130. The summed E-state index contributed by atoms with van der Waals surface area (Å²) < 4.78 is 11.2. The highest BCUT2D eigenvalue weighted by Crippen LogP contribution is 2.29. The van der Waals surface area contributed by atoms with E-state index in [4.69, 9.17) is 9.26 Å². The summed E-state index contributed by atoms with van der Waals surface area (Å²) in [6.07, 6.45) is 3.41. The molecule has 1 N–H and O–H groups in total. The molecule has 1 fully saturated rings. The van der Waals surface area contributed by atoms with Gasteiger partial charge in [-0.15, -0.1) is 0 Å². The molecule has 0 unspecified atom stereocenters. The lowest BCUT2D eigenvalue weighted by Gasteiger charge is -2.37. The molecule has 0 saturated heterocycles. The Balaban J connectivity index is 2.00. The highest BCUT2D eigenvalue weighted by Gasteiger charge is 2.36. The van der Waals surface area contributed by atoms with Crippen LogP contribution in [0.1, 0.15) is 63.0 Å². The Morgan fingerprint density at radius 3 is 2.63 bits per heavy atom. The average molecular weight is 380 g/mol. The van der Waals surface area contributed by atoms with Crippen LogP contribution in [0.25, 0.3) is 0 Å². The number of carbonyl (C=O) groups is 2. The van der Waals surface area contributed by atoms with Crippen molar-refractivity contribution in [2.24, 2.45) is 5.92 Å². The monoisotopic (exact) mass is 379 g/mol. The number of nitrogens with zero attached hydrogens (tertiary/aromatic N) is 2. The zero-order valence-corrected chi connectivity index (χ0v) is 17.2. The van der Waals surface area contributed by atoms with Gasteiger partial charge in [-0.25, -0.2) is 0 Å². The Morgan fingerprint density at radius 2 is 2.04 bits per heavy atom. The van der Waals surface area contributed by atoms with Gasteiger partial charge in [0, 0.05) is 31.6 Å². The first-order valence-corrected chi connectivity index (χ1v) is 9.94. The van der Waals surface area contributed by atoms with Gasteiger partial charge in [0.2, 0.25) is 11.8 Å². The lowest BCUT2D eigenvalue weighted by molar-refractivity contribution is -0.138. The molecule has 1 aromatic heterocycles. The molecule has 27 heavy (non-hydrogen) atoms. The third kappa shape index (κ3) is 5.54. The zero-order valence-electron chi connectivity index (χ0n) is 17.2. The van der Waals surface area contributed by atoms with Crippen LogP contribution in [0.2, 0.25) is 0 Å². The van der Waals surface area contributed by atoms with Crippen LogP contribution < -0.4 is 5.32 Å². The second-order valence-electron chi connectivity index (χ2n) is 7.44. The average Bonchev–Trinajstić information content (AvgIpc) is 2.98. The maximum atomic E-state index is 13.0. The van der Waals surface area contributed by atoms with E-state index in [2.05, 4.69) is 17.4 Å². The Morgan fingerprint density at radius 1 is 1.30 bits per heavy atom. The van der Waals surface area contributed by atoms with Crippen molar-refractivity contribution in [3.05, 3.63) is 17.0 Å². The Bertz CT molecular complexity index is 624. The van der Waals surface area contributed by atoms with Crippen molar-refractivity contribution >= 4 is 11.8 Å². The first kappa shape index (κ1) is 21.4. The van der Waals surface area contributed by atoms with Crippen molar-refractivity contribution in [3.8, 4) is 0 Å². The minimum Gasteiger partial charge on any atom is -0.376 e. The fourth-order valence-corrected chi connectivity index (χ4v) is 3.64. The highest BCUT2D eigenvalue weighted by atomic mass is 16.5. The van der Waals surface area contributed by atoms with Gasteiger partial charge in [0.1, 0.15) is 5.76 Å². The van der Waals surface area contributed by atoms with Crippen LogP contribution >= 0.6 is 0 Å². The number of hydrogen-bond donors (Lipinski definition) is 1. The summed E-state index contributed by atoms with van der Waals surface area (Å²) in [7, 11) is 1.82. The fourth-order valence-electron chi connectivity index (χ4n) is 3.64. The summed E-state index contributed by atoms with van der Waals surface area (Å²) in [5, 5.41) is 7.02. The largest absolute Gasteiger partial charge is 0.376 e. The van der Waals surface area contributed by atoms with Crippen molar-refractivity contribution in [1.82, 2.24) is 15.4 Å². The molecule has 0 bridgehead atoms. The van der Waals surface area contributed by atoms with Gasteiger partial charge < -0.3 is 19.5 Å². The van der Waals surface area contributed by atoms with E-state index in [1.165, 1.54) is 0 Å². The molecule has 152 valence electrons. The van der Waals surface area contributed by atoms with Crippen molar-refractivity contribution in [3.63, 3.8) is 0 Å². The molecule has 7 heteroatoms. The summed E-state index contributed by atoms with van der Waals surface area (Å²) >= 11 is 0. The molecule has 1 aliphatic rings. The van der Waals surface area contributed by atoms with Crippen LogP contribution in [0.4, 0.5) is 0 Å². The van der Waals surface area contributed by atoms with Crippen LogP contribution in [0, 0.1) is 19.8 Å². The van der Waals surface area contributed by atoms with Crippen LogP contribution in [0.3, 0.4) is 0 Å². The van der Waals surface area contributed by atoms with Crippen molar-refractivity contribution < 1.29 is 18.8 Å². The molecule has 0 radical (unpaired) electrons. The Kier molecular flexibility index (Phi) is 7.83. The number of aryl methyl sites for hydroxylation is 2. The van der Waals surface area contributed by atoms with Crippen LogP contribution in [0.5, 0.6) is 0 Å². The predicted molar refractivity (Wildman–Crippen MR) is 102 cm³/mol. The number of ether oxygens (including phenoxy) is 1. The minimum atomic E-state index is -0.115. The third-order valence-corrected chi connectivity index (χ3v) is 5.30. The fraction of sp³-hybridized carbons (Fsp3) is 0.750. The first-order valence-electron chi connectivity index (χ1n) is 9.94. The molecular weight excluding hydrogens is 346 g/mol. The van der Waals surface area contributed by atoms with E-state index < -0.39 is 0 Å². The molecule has 0 aromatic carbocycles. The topological polar surface area (TPSA) is 84.7 Å². The van der Waals surface area contributed by atoms with Crippen LogP contribution in [-0.2, 0) is 20.9 Å². The molecule has 1 aliphatic carbocycles. The predicted octanol–water partition coefficient (Wildman–Crippen LogP) is 2.74. The summed E-state index contributed by atoms with van der Waals surface area (Å²) in [6.45, 7) is 8.79. The van der Waals surface area contributed by atoms with Gasteiger partial charge in [-0.2, -0.15) is 0 Å². The maximum Gasteiger partial charge on any atom is 0.225 e. The smallest absolute Gasteiger partial charge is 0.225 e. The first-order chi connectivity index (χ1) is 12.9. The number of aromatic nitrogens is 1. The lowest BCUT2D eigenvalue weighted by Crippen LogP contribution is -2.50. The molecule has 1 aromatic rings. The van der Waals surface area contributed by atoms with Gasteiger partial charge in [-0.1, -0.05) is 19.0 Å². The highest BCUT2D eigenvalue weighted by molar-refractivity contribution is 5.79. The van der Waals surface area contributed by atoms with Gasteiger partial charge in [0.15, 0.2) is 0 Å². The molecule has 3 atom stereocenters. The third-order valence-electron chi connectivity index (χ3n) is 5.30. The van der Waals surface area contributed by atoms with Crippen molar-refractivity contribution in [2.45, 2.75) is 78.5 Å². The van der Waals surface area contributed by atoms with E-state index in [1.54, 1.807) is 4.90 Å². The molecule has 1 saturated carbocycles. The van der Waals surface area contributed by atoms with E-state index in [1.807, 2.05) is 27.8 Å². The number of hydrogen-bond acceptors (Lipinski definition) is 5. The van der Waals surface area contributed by atoms with Crippen LogP contribution in [-0.4, -0.2) is 47.7 Å². The zero-order chi connectivity index (χ0) is 20.0. The normalized spacial score (nSPS) is 22.5. The lowest BCUT2D eigenvalue weighted by atomic mass is 9.82. The van der Waals surface area contributed by atoms with Gasteiger partial charge in [0.05, 0.1) is 24.4 Å². The Labute approximate surface area is 161 Å². The van der Waals surface area contributed by atoms with Gasteiger partial charge in [-0.3, -0.25) is 9.59 Å². The molecule has 7 nitrogen and oxygen atoms in total. The molecule has 2 rings (SSSR count). The summed E-state index contributed by atoms with van der Waals surface area (Å²) in [4.78, 5) is 26.5. The Hall–Kier alpha value is -1.89. The quantitative estimate of drug-likeness (QED) is 0.751. The maximum absolute atomic E-state index is 13.0. The van der Waals surface area contributed by atoms with E-state index in [0.29, 0.717) is 26.0 Å². The second-order valence-corrected chi connectivity index (χ2v) is 7.44. The summed E-state index contributed by atoms with van der Waals surface area (Å²) in [6, 6.07) is -0.0130. The molecule has 1 heterocycles. The van der Waals surface area contributed by atoms with E-state index in [-0.39, 0.29) is 29.9 Å². The summed E-state index contributed by atoms with van der Waals surface area (Å²) in [5.41, 5.74) is 1.79. The standard InChI is InChI=1S/C20H33N3O4/c1-6-10-26-18-11-15(8-9-17(18)21-19(24)7-2)20(25)23(5)12-16-13(3)22-27-14(16)4/h15,17-18H,6-12H2,1-5H3,(H,21,24)/t15-,17+,18+/m0/s1. The van der Waals surface area contributed by atoms with Gasteiger partial charge in [0.25, 0.3) is 0 Å². The van der Waals surface area contributed by atoms with Crippen molar-refractivity contribution in [1.29, 1.82) is 0 Å². The molecular formula is C20H33N3O4. The number of nitrogens with one attached hydrogen (secondary N) is 1. The van der Waals surface area contributed by atoms with E-state index >= 15 is 0 Å². The molecule has 0 aliphatic heterocycles. The van der Waals surface area contributed by atoms with Gasteiger partial charge in [-0.05, 0) is 39.5 Å². The van der Waals surface area contributed by atoms with Crippen LogP contribution in [0.15, 0.2) is 4.52 Å². The number of rotatable bonds is 8. The SMILES string of the molecule is CCCO[C@@H]1C[C@@H](C(=O)N(C)Cc2c(C)noc2C)CC[C@H]1NC(=O)CC. The van der Waals surface area contributed by atoms with Crippen molar-refractivity contribution in [2.75, 3.05) is 13.7 Å². The summed E-state index contributed by atoms with van der Waals surface area (Å²) in [5.74, 6) is 0.806. The second kappa shape index (κ2) is 9.88. The molecule has 0 spiro atoms. The number of carbonyl (C=O) groups excluding carboxylic acids is 2. The van der Waals surface area contributed by atoms with E-state index in [0.717, 1.165) is 36.3 Å².